The molecule has 1 aliphatic rings. The molecule has 3 heterocycles. The lowest BCUT2D eigenvalue weighted by Crippen LogP contribution is -2.40. The maximum atomic E-state index is 6.22. The van der Waals surface area contributed by atoms with Crippen LogP contribution in [0.2, 0.25) is 0 Å². The highest BCUT2D eigenvalue weighted by Gasteiger charge is 2.15. The number of likely N-dealkylation sites (tertiary alicyclic amines) is 1. The Hall–Kier alpha value is -3.58. The summed E-state index contributed by atoms with van der Waals surface area (Å²) in [5.74, 6) is 0.879. The Bertz CT molecular complexity index is 1260. The molecule has 0 spiro atoms. The molecule has 1 fully saturated rings. The quantitative estimate of drug-likeness (QED) is 0.317. The summed E-state index contributed by atoms with van der Waals surface area (Å²) >= 11 is 1.63. The molecule has 0 saturated carbocycles. The van der Waals surface area contributed by atoms with Crippen LogP contribution in [0.3, 0.4) is 0 Å². The first-order valence-corrected chi connectivity index (χ1v) is 12.0. The number of nitrogens with two attached hydrogens (primary N) is 1. The van der Waals surface area contributed by atoms with Crippen LogP contribution in [-0.2, 0) is 0 Å². The number of rotatable bonds is 4. The van der Waals surface area contributed by atoms with E-state index < -0.39 is 0 Å². The van der Waals surface area contributed by atoms with Gasteiger partial charge in [-0.25, -0.2) is 15.0 Å². The van der Waals surface area contributed by atoms with Crippen LogP contribution >= 0.6 is 11.3 Å². The lowest BCUT2D eigenvalue weighted by atomic mass is 10.0. The Morgan fingerprint density at radius 2 is 1.58 bits per heavy atom. The van der Waals surface area contributed by atoms with E-state index in [4.69, 9.17) is 10.7 Å². The van der Waals surface area contributed by atoms with Crippen LogP contribution in [0.25, 0.3) is 32.3 Å². The molecule has 2 aromatic carbocycles. The van der Waals surface area contributed by atoms with Crippen molar-refractivity contribution in [2.75, 3.05) is 13.1 Å². The Morgan fingerprint density at radius 1 is 0.879 bits per heavy atom. The average Bonchev–Trinajstić information content (AvgIpc) is 3.27. The lowest BCUT2D eigenvalue weighted by Gasteiger charge is -2.27. The van der Waals surface area contributed by atoms with E-state index in [-0.39, 0.29) is 0 Å². The summed E-state index contributed by atoms with van der Waals surface area (Å²) in [6.07, 6.45) is 5.27. The maximum absolute atomic E-state index is 6.22. The van der Waals surface area contributed by atoms with Crippen molar-refractivity contribution in [3.05, 3.63) is 72.6 Å². The molecule has 33 heavy (non-hydrogen) atoms. The van der Waals surface area contributed by atoms with E-state index >= 15 is 0 Å². The van der Waals surface area contributed by atoms with Gasteiger partial charge >= 0.3 is 0 Å². The summed E-state index contributed by atoms with van der Waals surface area (Å²) < 4.78 is 0. The Balaban J connectivity index is 1.39. The molecule has 0 bridgehead atoms. The summed E-state index contributed by atoms with van der Waals surface area (Å²) in [5, 5.41) is 0.971. The third-order valence-corrected chi connectivity index (χ3v) is 7.03. The Kier molecular flexibility index (Phi) is 6.13. The monoisotopic (exact) mass is 454 g/mol. The zero-order valence-electron chi connectivity index (χ0n) is 18.6. The molecule has 6 nitrogen and oxygen atoms in total. The van der Waals surface area contributed by atoms with Crippen LogP contribution in [0, 0.1) is 6.92 Å². The summed E-state index contributed by atoms with van der Waals surface area (Å²) in [6, 6.07) is 20.8. The highest BCUT2D eigenvalue weighted by Crippen LogP contribution is 2.35. The van der Waals surface area contributed by atoms with Crippen molar-refractivity contribution >= 4 is 23.2 Å². The molecule has 4 aromatic rings. The van der Waals surface area contributed by atoms with E-state index in [9.17, 15) is 0 Å². The fraction of sp³-hybridized carbons (Fsp3) is 0.231. The summed E-state index contributed by atoms with van der Waals surface area (Å²) in [5.41, 5.74) is 11.5. The molecule has 0 unspecified atom stereocenters. The van der Waals surface area contributed by atoms with Gasteiger partial charge in [0.1, 0.15) is 5.01 Å². The van der Waals surface area contributed by atoms with Crippen molar-refractivity contribution in [3.63, 3.8) is 0 Å². The fourth-order valence-corrected chi connectivity index (χ4v) is 5.06. The number of aryl methyl sites for hydroxylation is 1. The standard InChI is InChI=1S/C26H26N6S/c1-18-23(22-14-15-28-26(30-22)31-25(27)32-16-6-3-7-17-32)33-24(29-18)21-12-10-20(11-13-21)19-8-4-2-5-9-19/h2,4-5,8-15H,3,6-7,16-17H2,1H3,(H2,27,28,30,31). The van der Waals surface area contributed by atoms with Crippen LogP contribution < -0.4 is 5.73 Å². The van der Waals surface area contributed by atoms with Crippen LogP contribution in [0.5, 0.6) is 0 Å². The molecule has 2 aromatic heterocycles. The predicted octanol–water partition coefficient (Wildman–Crippen LogP) is 5.67. The molecule has 2 N–H and O–H groups in total. The molecule has 166 valence electrons. The van der Waals surface area contributed by atoms with E-state index in [0.29, 0.717) is 11.9 Å². The number of hydrogen-bond donors (Lipinski definition) is 1. The van der Waals surface area contributed by atoms with Gasteiger partial charge in [0.25, 0.3) is 5.95 Å². The van der Waals surface area contributed by atoms with Gasteiger partial charge in [-0.3, -0.25) is 0 Å². The second-order valence-corrected chi connectivity index (χ2v) is 9.14. The van der Waals surface area contributed by atoms with Gasteiger partial charge in [-0.05, 0) is 43.4 Å². The number of thiazole rings is 1. The van der Waals surface area contributed by atoms with Crippen LogP contribution in [0.1, 0.15) is 25.0 Å². The second kappa shape index (κ2) is 9.50. The van der Waals surface area contributed by atoms with E-state index in [1.807, 2.05) is 19.1 Å². The van der Waals surface area contributed by atoms with Crippen molar-refractivity contribution in [3.8, 4) is 32.3 Å². The molecule has 0 radical (unpaired) electrons. The minimum Gasteiger partial charge on any atom is -0.369 e. The van der Waals surface area contributed by atoms with Gasteiger partial charge in [0.05, 0.1) is 16.3 Å². The minimum atomic E-state index is 0.386. The number of nitrogens with zero attached hydrogens (tertiary/aromatic N) is 5. The molecular formula is C26H26N6S. The van der Waals surface area contributed by atoms with Gasteiger partial charge in [-0.2, -0.15) is 4.99 Å². The van der Waals surface area contributed by atoms with Crippen molar-refractivity contribution in [2.45, 2.75) is 26.2 Å². The smallest absolute Gasteiger partial charge is 0.253 e. The van der Waals surface area contributed by atoms with Crippen LogP contribution in [0.4, 0.5) is 5.95 Å². The minimum absolute atomic E-state index is 0.386. The molecular weight excluding hydrogens is 428 g/mol. The van der Waals surface area contributed by atoms with E-state index in [0.717, 1.165) is 52.8 Å². The van der Waals surface area contributed by atoms with Crippen molar-refractivity contribution in [1.29, 1.82) is 0 Å². The van der Waals surface area contributed by atoms with Crippen molar-refractivity contribution < 1.29 is 0 Å². The lowest BCUT2D eigenvalue weighted by molar-refractivity contribution is 0.339. The van der Waals surface area contributed by atoms with Gasteiger partial charge in [-0.15, -0.1) is 11.3 Å². The van der Waals surface area contributed by atoms with Gasteiger partial charge in [-0.1, -0.05) is 54.6 Å². The maximum Gasteiger partial charge on any atom is 0.253 e. The van der Waals surface area contributed by atoms with Gasteiger partial charge in [0.2, 0.25) is 0 Å². The third-order valence-electron chi connectivity index (χ3n) is 5.81. The number of aliphatic imine (C=N–C) groups is 1. The fourth-order valence-electron chi connectivity index (χ4n) is 4.02. The summed E-state index contributed by atoms with van der Waals surface area (Å²) in [6.45, 7) is 3.89. The van der Waals surface area contributed by atoms with Crippen molar-refractivity contribution in [2.24, 2.45) is 10.7 Å². The molecule has 7 heteroatoms. The molecule has 1 aliphatic heterocycles. The molecule has 5 rings (SSSR count). The number of hydrogen-bond acceptors (Lipinski definition) is 5. The van der Waals surface area contributed by atoms with Crippen molar-refractivity contribution in [1.82, 2.24) is 19.9 Å². The predicted molar refractivity (Wildman–Crippen MR) is 135 cm³/mol. The largest absolute Gasteiger partial charge is 0.369 e. The summed E-state index contributed by atoms with van der Waals surface area (Å²) in [4.78, 5) is 21.4. The highest BCUT2D eigenvalue weighted by atomic mass is 32.1. The second-order valence-electron chi connectivity index (χ2n) is 8.14. The molecule has 0 amide bonds. The van der Waals surface area contributed by atoms with E-state index in [2.05, 4.69) is 68.4 Å². The number of aromatic nitrogens is 3. The van der Waals surface area contributed by atoms with Gasteiger partial charge in [0.15, 0.2) is 5.96 Å². The molecule has 0 aliphatic carbocycles. The molecule has 0 atom stereocenters. The SMILES string of the molecule is Cc1nc(-c2ccc(-c3ccccc3)cc2)sc1-c1ccnc(N=C(N)N2CCCCC2)n1. The Morgan fingerprint density at radius 3 is 2.33 bits per heavy atom. The van der Waals surface area contributed by atoms with E-state index in [1.54, 1.807) is 17.5 Å². The zero-order valence-corrected chi connectivity index (χ0v) is 19.4. The molecule has 1 saturated heterocycles. The number of guanidine groups is 1. The first-order chi connectivity index (χ1) is 16.2. The number of piperidine rings is 1. The summed E-state index contributed by atoms with van der Waals surface area (Å²) in [7, 11) is 0. The topological polar surface area (TPSA) is 80.3 Å². The first-order valence-electron chi connectivity index (χ1n) is 11.2. The number of benzene rings is 2. The van der Waals surface area contributed by atoms with Crippen LogP contribution in [-0.4, -0.2) is 38.9 Å². The normalized spacial score (nSPS) is 14.5. The first kappa shape index (κ1) is 21.3. The zero-order chi connectivity index (χ0) is 22.6. The van der Waals surface area contributed by atoms with E-state index in [1.165, 1.54) is 17.5 Å². The van der Waals surface area contributed by atoms with Gasteiger partial charge < -0.3 is 10.6 Å². The highest BCUT2D eigenvalue weighted by molar-refractivity contribution is 7.18. The Labute approximate surface area is 197 Å². The average molecular weight is 455 g/mol. The van der Waals surface area contributed by atoms with Gasteiger partial charge in [0, 0.05) is 24.8 Å². The van der Waals surface area contributed by atoms with Crippen LogP contribution in [0.15, 0.2) is 71.9 Å². The third kappa shape index (κ3) is 4.78.